The van der Waals surface area contributed by atoms with Crippen molar-refractivity contribution in [3.8, 4) is 0 Å². The number of nitrogens with zero attached hydrogens (tertiary/aromatic N) is 1. The highest BCUT2D eigenvalue weighted by Crippen LogP contribution is 2.32. The van der Waals surface area contributed by atoms with Gasteiger partial charge in [-0.05, 0) is 12.1 Å². The second kappa shape index (κ2) is 8.71. The lowest BCUT2D eigenvalue weighted by atomic mass is 10.1. The minimum atomic E-state index is -0.767. The van der Waals surface area contributed by atoms with Crippen LogP contribution in [0.2, 0.25) is 15.1 Å². The molecule has 2 rings (SSSR count). The van der Waals surface area contributed by atoms with Gasteiger partial charge in [0.15, 0.2) is 0 Å². The van der Waals surface area contributed by atoms with E-state index >= 15 is 0 Å². The van der Waals surface area contributed by atoms with E-state index in [9.17, 15) is 14.4 Å². The molecule has 0 bridgehead atoms. The number of hydrogen-bond acceptors (Lipinski definition) is 5. The summed E-state index contributed by atoms with van der Waals surface area (Å²) < 4.78 is 4.60. The molecule has 1 aliphatic rings. The summed E-state index contributed by atoms with van der Waals surface area (Å²) in [5.74, 6) is -1.25. The van der Waals surface area contributed by atoms with E-state index in [4.69, 9.17) is 34.8 Å². The molecule has 1 saturated heterocycles. The third kappa shape index (κ3) is 5.22. The van der Waals surface area contributed by atoms with E-state index in [1.807, 2.05) is 0 Å². The first-order chi connectivity index (χ1) is 11.8. The van der Waals surface area contributed by atoms with E-state index in [0.717, 1.165) is 0 Å². The number of esters is 1. The molecule has 1 aliphatic heterocycles. The molecule has 25 heavy (non-hydrogen) atoms. The molecule has 0 aliphatic carbocycles. The molecular formula is C15H16Cl3N3O4. The number of nitrogens with one attached hydrogen (secondary N) is 2. The van der Waals surface area contributed by atoms with E-state index in [-0.39, 0.29) is 33.9 Å². The zero-order valence-electron chi connectivity index (χ0n) is 13.3. The van der Waals surface area contributed by atoms with Crippen LogP contribution in [-0.4, -0.2) is 55.5 Å². The molecule has 1 atom stereocenters. The van der Waals surface area contributed by atoms with Gasteiger partial charge in [-0.25, -0.2) is 0 Å². The van der Waals surface area contributed by atoms with Crippen LogP contribution in [-0.2, 0) is 19.1 Å². The molecule has 7 nitrogen and oxygen atoms in total. The first-order valence-corrected chi connectivity index (χ1v) is 8.48. The van der Waals surface area contributed by atoms with Crippen LogP contribution in [0.4, 0.5) is 5.69 Å². The van der Waals surface area contributed by atoms with Crippen molar-refractivity contribution in [2.24, 2.45) is 0 Å². The Morgan fingerprint density at radius 3 is 2.64 bits per heavy atom. The van der Waals surface area contributed by atoms with Crippen LogP contribution in [0.1, 0.15) is 6.42 Å². The number of anilines is 1. The smallest absolute Gasteiger partial charge is 0.307 e. The monoisotopic (exact) mass is 407 g/mol. The van der Waals surface area contributed by atoms with Gasteiger partial charge in [0.25, 0.3) is 0 Å². The number of ether oxygens (including phenoxy) is 1. The molecule has 0 spiro atoms. The number of rotatable bonds is 5. The van der Waals surface area contributed by atoms with Gasteiger partial charge in [0, 0.05) is 13.1 Å². The van der Waals surface area contributed by atoms with E-state index in [1.54, 1.807) is 4.90 Å². The van der Waals surface area contributed by atoms with Gasteiger partial charge < -0.3 is 15.4 Å². The maximum absolute atomic E-state index is 12.3. The molecule has 2 N–H and O–H groups in total. The molecule has 1 aromatic carbocycles. The van der Waals surface area contributed by atoms with Crippen molar-refractivity contribution < 1.29 is 19.1 Å². The van der Waals surface area contributed by atoms with Crippen molar-refractivity contribution in [2.75, 3.05) is 32.1 Å². The van der Waals surface area contributed by atoms with E-state index in [0.29, 0.717) is 18.8 Å². The summed E-state index contributed by atoms with van der Waals surface area (Å²) >= 11 is 17.8. The predicted octanol–water partition coefficient (Wildman–Crippen LogP) is 1.95. The lowest BCUT2D eigenvalue weighted by molar-refractivity contribution is -0.146. The lowest BCUT2D eigenvalue weighted by Gasteiger charge is -2.33. The lowest BCUT2D eigenvalue weighted by Crippen LogP contribution is -2.57. The van der Waals surface area contributed by atoms with Crippen molar-refractivity contribution in [1.29, 1.82) is 0 Å². The molecule has 1 heterocycles. The molecule has 0 saturated carbocycles. The van der Waals surface area contributed by atoms with Crippen LogP contribution < -0.4 is 10.6 Å². The minimum Gasteiger partial charge on any atom is -0.469 e. The second-order valence-corrected chi connectivity index (χ2v) is 6.57. The maximum Gasteiger partial charge on any atom is 0.307 e. The topological polar surface area (TPSA) is 87.7 Å². The molecule has 0 unspecified atom stereocenters. The van der Waals surface area contributed by atoms with E-state index < -0.39 is 17.9 Å². The quantitative estimate of drug-likeness (QED) is 0.574. The largest absolute Gasteiger partial charge is 0.469 e. The first kappa shape index (κ1) is 19.8. The van der Waals surface area contributed by atoms with Gasteiger partial charge in [0.1, 0.15) is 6.04 Å². The standard InChI is InChI=1S/C15H16Cl3N3O4/c1-25-14(23)6-12-15(24)19-2-3-21(12)7-13(22)20-11-5-9(17)8(16)4-10(11)18/h4-5,12H,2-3,6-7H2,1H3,(H,19,24)(H,20,22)/t12-/m1/s1. The summed E-state index contributed by atoms with van der Waals surface area (Å²) in [4.78, 5) is 37.4. The highest BCUT2D eigenvalue weighted by molar-refractivity contribution is 6.44. The Hall–Kier alpha value is -1.54. The average Bonchev–Trinajstić information content (AvgIpc) is 2.55. The number of carbonyl (C=O) groups is 3. The number of hydrogen-bond donors (Lipinski definition) is 2. The maximum atomic E-state index is 12.3. The van der Waals surface area contributed by atoms with Crippen LogP contribution in [0.15, 0.2) is 12.1 Å². The van der Waals surface area contributed by atoms with Crippen LogP contribution in [0.25, 0.3) is 0 Å². The summed E-state index contributed by atoms with van der Waals surface area (Å²) in [5, 5.41) is 6.06. The summed E-state index contributed by atoms with van der Waals surface area (Å²) in [7, 11) is 1.24. The van der Waals surface area contributed by atoms with Crippen molar-refractivity contribution in [2.45, 2.75) is 12.5 Å². The fraction of sp³-hybridized carbons (Fsp3) is 0.400. The Labute approximate surface area is 159 Å². The van der Waals surface area contributed by atoms with Crippen LogP contribution in [0.5, 0.6) is 0 Å². The third-order valence-corrected chi connectivity index (χ3v) is 4.69. The number of amides is 2. The number of piperazine rings is 1. The molecular weight excluding hydrogens is 393 g/mol. The molecule has 1 fully saturated rings. The molecule has 136 valence electrons. The SMILES string of the molecule is COC(=O)C[C@@H]1C(=O)NCCN1CC(=O)Nc1cc(Cl)c(Cl)cc1Cl. The average molecular weight is 409 g/mol. The normalized spacial score (nSPS) is 17.8. The minimum absolute atomic E-state index is 0.0916. The fourth-order valence-corrected chi connectivity index (χ4v) is 3.00. The fourth-order valence-electron chi connectivity index (χ4n) is 2.41. The van der Waals surface area contributed by atoms with Gasteiger partial charge >= 0.3 is 5.97 Å². The van der Waals surface area contributed by atoms with Crippen LogP contribution in [0.3, 0.4) is 0 Å². The Morgan fingerprint density at radius 2 is 1.96 bits per heavy atom. The van der Waals surface area contributed by atoms with Crippen molar-refractivity contribution in [1.82, 2.24) is 10.2 Å². The molecule has 0 radical (unpaired) electrons. The molecule has 0 aromatic heterocycles. The summed E-state index contributed by atoms with van der Waals surface area (Å²) in [6.07, 6.45) is -0.136. The van der Waals surface area contributed by atoms with Crippen LogP contribution in [0, 0.1) is 0 Å². The van der Waals surface area contributed by atoms with Gasteiger partial charge in [-0.1, -0.05) is 34.8 Å². The number of benzene rings is 1. The number of carbonyl (C=O) groups excluding carboxylic acids is 3. The van der Waals surface area contributed by atoms with Gasteiger partial charge in [0.05, 0.1) is 40.8 Å². The van der Waals surface area contributed by atoms with Gasteiger partial charge in [-0.15, -0.1) is 0 Å². The molecule has 10 heteroatoms. The number of methoxy groups -OCH3 is 1. The predicted molar refractivity (Wildman–Crippen MR) is 95.1 cm³/mol. The highest BCUT2D eigenvalue weighted by atomic mass is 35.5. The van der Waals surface area contributed by atoms with Crippen molar-refractivity contribution >= 4 is 58.3 Å². The van der Waals surface area contributed by atoms with Crippen molar-refractivity contribution in [3.63, 3.8) is 0 Å². The second-order valence-electron chi connectivity index (χ2n) is 5.35. The number of halogens is 3. The van der Waals surface area contributed by atoms with E-state index in [2.05, 4.69) is 15.4 Å². The zero-order valence-corrected chi connectivity index (χ0v) is 15.5. The van der Waals surface area contributed by atoms with Gasteiger partial charge in [-0.3, -0.25) is 19.3 Å². The highest BCUT2D eigenvalue weighted by Gasteiger charge is 2.33. The van der Waals surface area contributed by atoms with Crippen molar-refractivity contribution in [3.05, 3.63) is 27.2 Å². The summed E-state index contributed by atoms with van der Waals surface area (Å²) in [6, 6.07) is 2.10. The molecule has 2 amide bonds. The van der Waals surface area contributed by atoms with Gasteiger partial charge in [0.2, 0.25) is 11.8 Å². The Bertz CT molecular complexity index is 699. The Kier molecular flexibility index (Phi) is 6.89. The summed E-state index contributed by atoms with van der Waals surface area (Å²) in [5.41, 5.74) is 0.312. The Morgan fingerprint density at radius 1 is 1.28 bits per heavy atom. The Balaban J connectivity index is 2.06. The first-order valence-electron chi connectivity index (χ1n) is 7.34. The molecule has 1 aromatic rings. The zero-order chi connectivity index (χ0) is 18.6. The third-order valence-electron chi connectivity index (χ3n) is 3.66. The van der Waals surface area contributed by atoms with Gasteiger partial charge in [-0.2, -0.15) is 0 Å². The van der Waals surface area contributed by atoms with Crippen LogP contribution >= 0.6 is 34.8 Å². The van der Waals surface area contributed by atoms with E-state index in [1.165, 1.54) is 19.2 Å². The summed E-state index contributed by atoms with van der Waals surface area (Å²) in [6.45, 7) is 0.721.